The number of fused-ring (bicyclic) bond motifs is 1. The summed E-state index contributed by atoms with van der Waals surface area (Å²) in [6.45, 7) is 4.23. The van der Waals surface area contributed by atoms with E-state index < -0.39 is 0 Å². The van der Waals surface area contributed by atoms with Gasteiger partial charge in [-0.3, -0.25) is 0 Å². The second-order valence-electron chi connectivity index (χ2n) is 3.72. The van der Waals surface area contributed by atoms with Crippen LogP contribution in [0.3, 0.4) is 0 Å². The summed E-state index contributed by atoms with van der Waals surface area (Å²) < 4.78 is 6.15. The molecule has 2 aromatic rings. The molecular formula is C13H13ClO2S. The molecule has 0 spiro atoms. The van der Waals surface area contributed by atoms with Crippen LogP contribution in [0.25, 0.3) is 10.1 Å². The molecule has 0 atom stereocenters. The lowest BCUT2D eigenvalue weighted by molar-refractivity contribution is 0.0526. The first kappa shape index (κ1) is 12.4. The number of halogens is 1. The first-order valence-corrected chi connectivity index (χ1v) is 6.77. The molecule has 0 N–H and O–H groups in total. The summed E-state index contributed by atoms with van der Waals surface area (Å²) in [5.41, 5.74) is 1.76. The zero-order valence-corrected chi connectivity index (χ0v) is 11.3. The first-order valence-electron chi connectivity index (χ1n) is 5.42. The number of carbonyl (C=O) groups is 1. The fraction of sp³-hybridized carbons (Fsp3) is 0.308. The molecule has 0 aliphatic heterocycles. The monoisotopic (exact) mass is 268 g/mol. The van der Waals surface area contributed by atoms with E-state index in [4.69, 9.17) is 16.3 Å². The Hall–Kier alpha value is -1.06. The standard InChI is InChI=1S/C13H13ClO2S/c1-3-16-13(15)9-4-5-11-10(6-9)8(2)12(7-14)17-11/h4-6H,3,7H2,1-2H3. The van der Waals surface area contributed by atoms with Gasteiger partial charge in [0, 0.05) is 9.58 Å². The van der Waals surface area contributed by atoms with Crippen molar-refractivity contribution in [3.8, 4) is 0 Å². The molecule has 4 heteroatoms. The molecule has 1 heterocycles. The van der Waals surface area contributed by atoms with Crippen LogP contribution in [0.2, 0.25) is 0 Å². The molecule has 0 fully saturated rings. The van der Waals surface area contributed by atoms with E-state index in [1.54, 1.807) is 24.3 Å². The van der Waals surface area contributed by atoms with E-state index in [-0.39, 0.29) is 5.97 Å². The molecule has 90 valence electrons. The number of benzene rings is 1. The molecule has 0 unspecified atom stereocenters. The molecule has 0 aliphatic rings. The minimum absolute atomic E-state index is 0.271. The quantitative estimate of drug-likeness (QED) is 0.618. The Morgan fingerprint density at radius 1 is 1.47 bits per heavy atom. The normalized spacial score (nSPS) is 10.8. The SMILES string of the molecule is CCOC(=O)c1ccc2sc(CCl)c(C)c2c1. The number of ether oxygens (including phenoxy) is 1. The van der Waals surface area contributed by atoms with Crippen molar-refractivity contribution in [1.82, 2.24) is 0 Å². The van der Waals surface area contributed by atoms with Crippen molar-refractivity contribution in [1.29, 1.82) is 0 Å². The average molecular weight is 269 g/mol. The smallest absolute Gasteiger partial charge is 0.338 e. The van der Waals surface area contributed by atoms with Gasteiger partial charge in [0.1, 0.15) is 0 Å². The van der Waals surface area contributed by atoms with Gasteiger partial charge in [0.2, 0.25) is 0 Å². The number of carbonyl (C=O) groups excluding carboxylic acids is 1. The summed E-state index contributed by atoms with van der Waals surface area (Å²) in [7, 11) is 0. The van der Waals surface area contributed by atoms with Crippen LogP contribution in [0, 0.1) is 6.92 Å². The van der Waals surface area contributed by atoms with Crippen molar-refractivity contribution >= 4 is 39.0 Å². The summed E-state index contributed by atoms with van der Waals surface area (Å²) in [5.74, 6) is 0.243. The summed E-state index contributed by atoms with van der Waals surface area (Å²) in [5, 5.41) is 1.09. The molecule has 0 radical (unpaired) electrons. The summed E-state index contributed by atoms with van der Waals surface area (Å²) in [6, 6.07) is 5.64. The third-order valence-corrected chi connectivity index (χ3v) is 4.37. The van der Waals surface area contributed by atoms with E-state index in [0.29, 0.717) is 18.1 Å². The minimum Gasteiger partial charge on any atom is -0.462 e. The predicted molar refractivity (Wildman–Crippen MR) is 72.1 cm³/mol. The Balaban J connectivity index is 2.49. The minimum atomic E-state index is -0.271. The molecule has 2 rings (SSSR count). The highest BCUT2D eigenvalue weighted by Crippen LogP contribution is 2.32. The summed E-state index contributed by atoms with van der Waals surface area (Å²) in [6.07, 6.45) is 0. The number of rotatable bonds is 3. The van der Waals surface area contributed by atoms with Gasteiger partial charge in [0.05, 0.1) is 18.1 Å². The van der Waals surface area contributed by atoms with Crippen LogP contribution in [0.5, 0.6) is 0 Å². The number of thiophene rings is 1. The number of hydrogen-bond donors (Lipinski definition) is 0. The maximum absolute atomic E-state index is 11.6. The van der Waals surface area contributed by atoms with E-state index in [0.717, 1.165) is 20.5 Å². The third-order valence-electron chi connectivity index (χ3n) is 2.67. The lowest BCUT2D eigenvalue weighted by Gasteiger charge is -2.01. The Labute approximate surface area is 109 Å². The summed E-state index contributed by atoms with van der Waals surface area (Å²) in [4.78, 5) is 12.8. The Kier molecular flexibility index (Phi) is 3.69. The number of esters is 1. The third kappa shape index (κ3) is 2.31. The average Bonchev–Trinajstić information content (AvgIpc) is 2.66. The number of alkyl halides is 1. The fourth-order valence-electron chi connectivity index (χ4n) is 1.74. The topological polar surface area (TPSA) is 26.3 Å². The Morgan fingerprint density at radius 3 is 2.88 bits per heavy atom. The largest absolute Gasteiger partial charge is 0.462 e. The second kappa shape index (κ2) is 5.07. The van der Waals surface area contributed by atoms with E-state index >= 15 is 0 Å². The molecule has 0 saturated heterocycles. The molecule has 17 heavy (non-hydrogen) atoms. The zero-order chi connectivity index (χ0) is 12.4. The molecule has 1 aromatic carbocycles. The van der Waals surface area contributed by atoms with Crippen molar-refractivity contribution < 1.29 is 9.53 Å². The van der Waals surface area contributed by atoms with Crippen molar-refractivity contribution in [2.75, 3.05) is 6.61 Å². The van der Waals surface area contributed by atoms with Crippen LogP contribution in [0.4, 0.5) is 0 Å². The molecule has 0 aliphatic carbocycles. The van der Waals surface area contributed by atoms with E-state index in [1.807, 2.05) is 19.1 Å². The first-order chi connectivity index (χ1) is 8.17. The predicted octanol–water partition coefficient (Wildman–Crippen LogP) is 4.13. The second-order valence-corrected chi connectivity index (χ2v) is 5.12. The highest BCUT2D eigenvalue weighted by atomic mass is 35.5. The Bertz CT molecular complexity index is 560. The van der Waals surface area contributed by atoms with Crippen LogP contribution in [0.15, 0.2) is 18.2 Å². The molecule has 0 saturated carbocycles. The van der Waals surface area contributed by atoms with Gasteiger partial charge in [-0.05, 0) is 43.0 Å². The lowest BCUT2D eigenvalue weighted by Crippen LogP contribution is -2.03. The van der Waals surface area contributed by atoms with Crippen LogP contribution in [-0.2, 0) is 10.6 Å². The van der Waals surface area contributed by atoms with Crippen LogP contribution in [-0.4, -0.2) is 12.6 Å². The van der Waals surface area contributed by atoms with E-state index in [1.165, 1.54) is 0 Å². The highest BCUT2D eigenvalue weighted by Gasteiger charge is 2.11. The maximum atomic E-state index is 11.6. The van der Waals surface area contributed by atoms with Crippen molar-refractivity contribution in [2.24, 2.45) is 0 Å². The van der Waals surface area contributed by atoms with Gasteiger partial charge in [-0.15, -0.1) is 22.9 Å². The highest BCUT2D eigenvalue weighted by molar-refractivity contribution is 7.19. The fourth-order valence-corrected chi connectivity index (χ4v) is 3.15. The molecule has 1 aromatic heterocycles. The molecule has 2 nitrogen and oxygen atoms in total. The van der Waals surface area contributed by atoms with Gasteiger partial charge in [-0.1, -0.05) is 0 Å². The van der Waals surface area contributed by atoms with Crippen LogP contribution < -0.4 is 0 Å². The summed E-state index contributed by atoms with van der Waals surface area (Å²) >= 11 is 7.55. The van der Waals surface area contributed by atoms with Gasteiger partial charge in [-0.2, -0.15) is 0 Å². The number of aryl methyl sites for hydroxylation is 1. The van der Waals surface area contributed by atoms with Gasteiger partial charge in [0.15, 0.2) is 0 Å². The maximum Gasteiger partial charge on any atom is 0.338 e. The zero-order valence-electron chi connectivity index (χ0n) is 9.75. The molecule has 0 bridgehead atoms. The molecular weight excluding hydrogens is 256 g/mol. The lowest BCUT2D eigenvalue weighted by atomic mass is 10.1. The number of hydrogen-bond acceptors (Lipinski definition) is 3. The van der Waals surface area contributed by atoms with E-state index in [9.17, 15) is 4.79 Å². The van der Waals surface area contributed by atoms with Gasteiger partial charge in [0.25, 0.3) is 0 Å². The van der Waals surface area contributed by atoms with Crippen LogP contribution >= 0.6 is 22.9 Å². The molecule has 0 amide bonds. The van der Waals surface area contributed by atoms with Crippen LogP contribution in [0.1, 0.15) is 27.7 Å². The van der Waals surface area contributed by atoms with Gasteiger partial charge < -0.3 is 4.74 Å². The Morgan fingerprint density at radius 2 is 2.24 bits per heavy atom. The van der Waals surface area contributed by atoms with Gasteiger partial charge >= 0.3 is 5.97 Å². The van der Waals surface area contributed by atoms with Gasteiger partial charge in [-0.25, -0.2) is 4.79 Å². The van der Waals surface area contributed by atoms with Crippen molar-refractivity contribution in [3.63, 3.8) is 0 Å². The van der Waals surface area contributed by atoms with E-state index in [2.05, 4.69) is 0 Å². The van der Waals surface area contributed by atoms with Crippen molar-refractivity contribution in [2.45, 2.75) is 19.7 Å². The van der Waals surface area contributed by atoms with Crippen molar-refractivity contribution in [3.05, 3.63) is 34.2 Å².